The van der Waals surface area contributed by atoms with Crippen molar-refractivity contribution in [3.8, 4) is 0 Å². The minimum atomic E-state index is 0.312. The molecule has 2 nitrogen and oxygen atoms in total. The number of hydrogen-bond acceptors (Lipinski definition) is 2. The van der Waals surface area contributed by atoms with Gasteiger partial charge in [0.05, 0.1) is 5.60 Å². The molecule has 2 heteroatoms. The minimum Gasteiger partial charge on any atom is -0.378 e. The fraction of sp³-hybridized carbons (Fsp3) is 1.00. The van der Waals surface area contributed by atoms with E-state index >= 15 is 0 Å². The SMILES string of the molecule is COC1(C23CNC(C2)C3)CC1. The molecule has 4 fully saturated rings. The molecule has 0 aromatic rings. The molecule has 2 heterocycles. The molecule has 0 atom stereocenters. The van der Waals surface area contributed by atoms with Gasteiger partial charge in [0, 0.05) is 25.1 Å². The summed E-state index contributed by atoms with van der Waals surface area (Å²) >= 11 is 0. The van der Waals surface area contributed by atoms with Crippen LogP contribution in [0.2, 0.25) is 0 Å². The largest absolute Gasteiger partial charge is 0.378 e. The highest BCUT2D eigenvalue weighted by Crippen LogP contribution is 2.64. The minimum absolute atomic E-state index is 0.312. The number of nitrogens with one attached hydrogen (secondary N) is 1. The Labute approximate surface area is 67.3 Å². The van der Waals surface area contributed by atoms with E-state index in [1.54, 1.807) is 0 Å². The van der Waals surface area contributed by atoms with Crippen LogP contribution in [0.15, 0.2) is 0 Å². The lowest BCUT2D eigenvalue weighted by Crippen LogP contribution is -2.46. The predicted molar refractivity (Wildman–Crippen MR) is 42.4 cm³/mol. The van der Waals surface area contributed by atoms with E-state index in [1.807, 2.05) is 7.11 Å². The molecule has 0 aromatic heterocycles. The van der Waals surface area contributed by atoms with Gasteiger partial charge in [-0.25, -0.2) is 0 Å². The van der Waals surface area contributed by atoms with Crippen LogP contribution in [0.25, 0.3) is 0 Å². The van der Waals surface area contributed by atoms with Gasteiger partial charge in [0.2, 0.25) is 0 Å². The maximum atomic E-state index is 5.63. The molecular formula is C9H15NO. The van der Waals surface area contributed by atoms with Crippen molar-refractivity contribution in [2.24, 2.45) is 5.41 Å². The molecular weight excluding hydrogens is 138 g/mol. The van der Waals surface area contributed by atoms with Gasteiger partial charge in [-0.05, 0) is 25.7 Å². The lowest BCUT2D eigenvalue weighted by molar-refractivity contribution is -0.0559. The van der Waals surface area contributed by atoms with Crippen molar-refractivity contribution in [3.63, 3.8) is 0 Å². The molecule has 2 aliphatic heterocycles. The Morgan fingerprint density at radius 1 is 1.36 bits per heavy atom. The molecule has 0 amide bonds. The summed E-state index contributed by atoms with van der Waals surface area (Å²) in [6.45, 7) is 1.21. The summed E-state index contributed by atoms with van der Waals surface area (Å²) in [5.74, 6) is 0. The van der Waals surface area contributed by atoms with Crippen LogP contribution in [0.1, 0.15) is 25.7 Å². The zero-order valence-corrected chi connectivity index (χ0v) is 7.02. The number of methoxy groups -OCH3 is 1. The summed E-state index contributed by atoms with van der Waals surface area (Å²) in [5, 5.41) is 3.53. The third-order valence-electron chi connectivity index (χ3n) is 4.06. The van der Waals surface area contributed by atoms with E-state index < -0.39 is 0 Å². The molecule has 62 valence electrons. The summed E-state index contributed by atoms with van der Waals surface area (Å²) in [6, 6.07) is 0.836. The van der Waals surface area contributed by atoms with Gasteiger partial charge in [0.25, 0.3) is 0 Å². The second-order valence-corrected chi connectivity index (χ2v) is 4.46. The summed E-state index contributed by atoms with van der Waals surface area (Å²) < 4.78 is 5.63. The standard InChI is InChI=1S/C9H15NO/c1-11-9(2-3-9)8-4-7(5-8)10-6-8/h7,10H,2-6H2,1H3. The highest BCUT2D eigenvalue weighted by atomic mass is 16.5. The molecule has 2 saturated heterocycles. The first-order valence-electron chi connectivity index (χ1n) is 4.59. The fourth-order valence-corrected chi connectivity index (χ4v) is 3.11. The summed E-state index contributed by atoms with van der Waals surface area (Å²) in [7, 11) is 1.88. The van der Waals surface area contributed by atoms with E-state index in [-0.39, 0.29) is 0 Å². The van der Waals surface area contributed by atoms with Gasteiger partial charge >= 0.3 is 0 Å². The van der Waals surface area contributed by atoms with Crippen molar-refractivity contribution < 1.29 is 4.74 Å². The number of hydrogen-bond donors (Lipinski definition) is 1. The van der Waals surface area contributed by atoms with Gasteiger partial charge in [0.15, 0.2) is 0 Å². The van der Waals surface area contributed by atoms with Gasteiger partial charge in [-0.3, -0.25) is 0 Å². The first-order chi connectivity index (χ1) is 5.30. The molecule has 0 radical (unpaired) electrons. The monoisotopic (exact) mass is 153 g/mol. The Hall–Kier alpha value is -0.0800. The summed E-state index contributed by atoms with van der Waals surface area (Å²) in [6.07, 6.45) is 5.36. The second-order valence-electron chi connectivity index (χ2n) is 4.46. The number of fused-ring (bicyclic) bond motifs is 1. The maximum absolute atomic E-state index is 5.63. The van der Waals surface area contributed by atoms with Gasteiger partial charge in [-0.15, -0.1) is 0 Å². The smallest absolute Gasteiger partial charge is 0.0750 e. The van der Waals surface area contributed by atoms with Crippen molar-refractivity contribution in [1.29, 1.82) is 0 Å². The third-order valence-corrected chi connectivity index (χ3v) is 4.06. The molecule has 2 saturated carbocycles. The Balaban J connectivity index is 1.88. The topological polar surface area (TPSA) is 21.3 Å². The van der Waals surface area contributed by atoms with Crippen LogP contribution >= 0.6 is 0 Å². The van der Waals surface area contributed by atoms with Crippen LogP contribution in [0, 0.1) is 5.41 Å². The lowest BCUT2D eigenvalue weighted by atomic mass is 9.65. The van der Waals surface area contributed by atoms with Crippen LogP contribution in [-0.4, -0.2) is 25.3 Å². The van der Waals surface area contributed by atoms with E-state index in [1.165, 1.54) is 32.2 Å². The lowest BCUT2D eigenvalue weighted by Gasteiger charge is -2.43. The Morgan fingerprint density at radius 2 is 2.09 bits per heavy atom. The first kappa shape index (κ1) is 6.44. The zero-order chi connectivity index (χ0) is 7.53. The zero-order valence-electron chi connectivity index (χ0n) is 7.02. The van der Waals surface area contributed by atoms with Crippen molar-refractivity contribution in [3.05, 3.63) is 0 Å². The van der Waals surface area contributed by atoms with Gasteiger partial charge in [-0.2, -0.15) is 0 Å². The van der Waals surface area contributed by atoms with Crippen LogP contribution in [-0.2, 0) is 4.74 Å². The van der Waals surface area contributed by atoms with Crippen LogP contribution in [0.4, 0.5) is 0 Å². The highest BCUT2D eigenvalue weighted by Gasteiger charge is 2.67. The quantitative estimate of drug-likeness (QED) is 0.637. The van der Waals surface area contributed by atoms with E-state index in [9.17, 15) is 0 Å². The van der Waals surface area contributed by atoms with Gasteiger partial charge < -0.3 is 10.1 Å². The first-order valence-corrected chi connectivity index (χ1v) is 4.59. The van der Waals surface area contributed by atoms with E-state index in [4.69, 9.17) is 4.74 Å². The highest BCUT2D eigenvalue weighted by molar-refractivity contribution is 5.21. The number of ether oxygens (including phenoxy) is 1. The third kappa shape index (κ3) is 0.574. The summed E-state index contributed by atoms with van der Waals surface area (Å²) in [4.78, 5) is 0. The van der Waals surface area contributed by atoms with E-state index in [0.29, 0.717) is 11.0 Å². The molecule has 11 heavy (non-hydrogen) atoms. The molecule has 2 bridgehead atoms. The Morgan fingerprint density at radius 3 is 2.45 bits per heavy atom. The van der Waals surface area contributed by atoms with Crippen LogP contribution < -0.4 is 5.32 Å². The van der Waals surface area contributed by atoms with Crippen molar-refractivity contribution in [2.45, 2.75) is 37.3 Å². The molecule has 0 unspecified atom stereocenters. The average molecular weight is 153 g/mol. The molecule has 4 aliphatic rings. The molecule has 4 rings (SSSR count). The second kappa shape index (κ2) is 1.64. The fourth-order valence-electron chi connectivity index (χ4n) is 3.11. The predicted octanol–water partition coefficient (Wildman–Crippen LogP) is 0.917. The Bertz CT molecular complexity index is 186. The summed E-state index contributed by atoms with van der Waals surface area (Å²) in [5.41, 5.74) is 0.874. The maximum Gasteiger partial charge on any atom is 0.0750 e. The van der Waals surface area contributed by atoms with Crippen molar-refractivity contribution in [1.82, 2.24) is 5.32 Å². The van der Waals surface area contributed by atoms with Crippen molar-refractivity contribution in [2.75, 3.05) is 13.7 Å². The Kier molecular flexibility index (Phi) is 0.961. The molecule has 0 spiro atoms. The number of rotatable bonds is 2. The van der Waals surface area contributed by atoms with Gasteiger partial charge in [0.1, 0.15) is 0 Å². The average Bonchev–Trinajstić information content (AvgIpc) is 2.48. The van der Waals surface area contributed by atoms with Crippen LogP contribution in [0.5, 0.6) is 0 Å². The normalized spacial score (nSPS) is 50.5. The van der Waals surface area contributed by atoms with E-state index in [0.717, 1.165) is 6.04 Å². The van der Waals surface area contributed by atoms with Gasteiger partial charge in [-0.1, -0.05) is 0 Å². The van der Waals surface area contributed by atoms with Crippen LogP contribution in [0.3, 0.4) is 0 Å². The van der Waals surface area contributed by atoms with E-state index in [2.05, 4.69) is 5.32 Å². The van der Waals surface area contributed by atoms with Crippen molar-refractivity contribution >= 4 is 0 Å². The molecule has 2 aliphatic carbocycles. The molecule has 1 N–H and O–H groups in total. The molecule has 0 aromatic carbocycles.